The van der Waals surface area contributed by atoms with Gasteiger partial charge in [0.15, 0.2) is 0 Å². The van der Waals surface area contributed by atoms with Crippen LogP contribution in [0.25, 0.3) is 0 Å². The van der Waals surface area contributed by atoms with Crippen LogP contribution in [0.2, 0.25) is 0 Å². The Bertz CT molecular complexity index is 235. The van der Waals surface area contributed by atoms with Crippen molar-refractivity contribution in [3.05, 3.63) is 24.0 Å². The summed E-state index contributed by atoms with van der Waals surface area (Å²) in [5, 5.41) is 17.5. The summed E-state index contributed by atoms with van der Waals surface area (Å²) in [6.45, 7) is 0.0454. The zero-order valence-corrected chi connectivity index (χ0v) is 6.64. The average Bonchev–Trinajstić information content (AvgIpc) is 2.06. The van der Waals surface area contributed by atoms with Crippen molar-refractivity contribution in [2.24, 2.45) is 5.73 Å². The maximum Gasteiger partial charge on any atom is 0.133 e. The van der Waals surface area contributed by atoms with Crippen LogP contribution < -0.4 is 5.73 Å². The fourth-order valence-electron chi connectivity index (χ4n) is 0.904. The number of aliphatic hydroxyl groups excluding tert-OH is 1. The van der Waals surface area contributed by atoms with Gasteiger partial charge in [0.05, 0.1) is 11.9 Å². The first-order valence-corrected chi connectivity index (χ1v) is 3.75. The quantitative estimate of drug-likeness (QED) is 0.601. The summed E-state index contributed by atoms with van der Waals surface area (Å²) in [5.74, 6) is 0.120. The predicted octanol–water partition coefficient (Wildman–Crippen LogP) is 0.169. The first kappa shape index (κ1) is 8.96. The van der Waals surface area contributed by atoms with Crippen LogP contribution in [0.4, 0.5) is 0 Å². The molecule has 0 saturated carbocycles. The van der Waals surface area contributed by atoms with Crippen LogP contribution >= 0.6 is 0 Å². The SMILES string of the molecule is NC(CCO)c1ccc(O)cn1. The largest absolute Gasteiger partial charge is 0.506 e. The van der Waals surface area contributed by atoms with Gasteiger partial charge >= 0.3 is 0 Å². The number of rotatable bonds is 3. The van der Waals surface area contributed by atoms with E-state index >= 15 is 0 Å². The van der Waals surface area contributed by atoms with Gasteiger partial charge in [0, 0.05) is 12.6 Å². The number of hydrogen-bond acceptors (Lipinski definition) is 4. The van der Waals surface area contributed by atoms with Gasteiger partial charge in [-0.05, 0) is 18.6 Å². The number of nitrogens with two attached hydrogens (primary N) is 1. The topological polar surface area (TPSA) is 79.4 Å². The highest BCUT2D eigenvalue weighted by atomic mass is 16.3. The van der Waals surface area contributed by atoms with Crippen molar-refractivity contribution in [1.82, 2.24) is 4.98 Å². The molecule has 0 fully saturated rings. The molecule has 1 rings (SSSR count). The molecule has 0 aliphatic heterocycles. The summed E-state index contributed by atoms with van der Waals surface area (Å²) in [6, 6.07) is 2.92. The van der Waals surface area contributed by atoms with Crippen molar-refractivity contribution in [3.63, 3.8) is 0 Å². The highest BCUT2D eigenvalue weighted by Crippen LogP contribution is 2.13. The molecule has 0 bridgehead atoms. The van der Waals surface area contributed by atoms with Crippen LogP contribution in [0.1, 0.15) is 18.2 Å². The monoisotopic (exact) mass is 168 g/mol. The minimum atomic E-state index is -0.254. The van der Waals surface area contributed by atoms with Crippen LogP contribution in [0.3, 0.4) is 0 Å². The van der Waals surface area contributed by atoms with Crippen molar-refractivity contribution >= 4 is 0 Å². The Hall–Kier alpha value is -1.13. The molecule has 1 unspecified atom stereocenters. The Morgan fingerprint density at radius 2 is 2.25 bits per heavy atom. The fraction of sp³-hybridized carbons (Fsp3) is 0.375. The van der Waals surface area contributed by atoms with Gasteiger partial charge in [0.25, 0.3) is 0 Å². The van der Waals surface area contributed by atoms with Crippen LogP contribution in [0, 0.1) is 0 Å². The maximum absolute atomic E-state index is 8.92. The van der Waals surface area contributed by atoms with Gasteiger partial charge in [0.1, 0.15) is 5.75 Å². The zero-order valence-electron chi connectivity index (χ0n) is 6.64. The molecule has 4 N–H and O–H groups in total. The van der Waals surface area contributed by atoms with Gasteiger partial charge in [0.2, 0.25) is 0 Å². The molecule has 4 heteroatoms. The lowest BCUT2D eigenvalue weighted by atomic mass is 10.1. The molecule has 1 atom stereocenters. The minimum absolute atomic E-state index is 0.0454. The highest BCUT2D eigenvalue weighted by Gasteiger charge is 2.05. The van der Waals surface area contributed by atoms with Crippen molar-refractivity contribution in [1.29, 1.82) is 0 Å². The van der Waals surface area contributed by atoms with Crippen molar-refractivity contribution in [2.45, 2.75) is 12.5 Å². The molecule has 1 aromatic rings. The van der Waals surface area contributed by atoms with Crippen molar-refractivity contribution in [3.8, 4) is 5.75 Å². The predicted molar refractivity (Wildman–Crippen MR) is 44.5 cm³/mol. The molecular weight excluding hydrogens is 156 g/mol. The van der Waals surface area contributed by atoms with Gasteiger partial charge < -0.3 is 15.9 Å². The Balaban J connectivity index is 2.68. The molecule has 4 nitrogen and oxygen atoms in total. The van der Waals surface area contributed by atoms with Crippen LogP contribution in [0.15, 0.2) is 18.3 Å². The van der Waals surface area contributed by atoms with E-state index < -0.39 is 0 Å². The van der Waals surface area contributed by atoms with Crippen LogP contribution in [0.5, 0.6) is 5.75 Å². The van der Waals surface area contributed by atoms with E-state index in [-0.39, 0.29) is 18.4 Å². The van der Waals surface area contributed by atoms with E-state index in [2.05, 4.69) is 4.98 Å². The lowest BCUT2D eigenvalue weighted by Gasteiger charge is -2.08. The van der Waals surface area contributed by atoms with E-state index in [4.69, 9.17) is 15.9 Å². The highest BCUT2D eigenvalue weighted by molar-refractivity contribution is 5.19. The molecule has 1 aromatic heterocycles. The third-order valence-corrected chi connectivity index (χ3v) is 1.59. The van der Waals surface area contributed by atoms with Gasteiger partial charge in [-0.25, -0.2) is 0 Å². The molecule has 66 valence electrons. The Morgan fingerprint density at radius 3 is 2.75 bits per heavy atom. The second-order valence-corrected chi connectivity index (χ2v) is 2.56. The molecule has 0 aliphatic carbocycles. The molecule has 0 radical (unpaired) electrons. The number of nitrogens with zero attached hydrogens (tertiary/aromatic N) is 1. The summed E-state index contributed by atoms with van der Waals surface area (Å²) in [7, 11) is 0. The molecule has 0 spiro atoms. The molecule has 0 amide bonds. The first-order chi connectivity index (χ1) is 5.74. The van der Waals surface area contributed by atoms with E-state index in [9.17, 15) is 0 Å². The Kier molecular flexibility index (Phi) is 3.01. The summed E-state index contributed by atoms with van der Waals surface area (Å²) >= 11 is 0. The van der Waals surface area contributed by atoms with Crippen molar-refractivity contribution < 1.29 is 10.2 Å². The van der Waals surface area contributed by atoms with Gasteiger partial charge in [-0.3, -0.25) is 4.98 Å². The smallest absolute Gasteiger partial charge is 0.133 e. The maximum atomic E-state index is 8.92. The Labute approximate surface area is 70.7 Å². The molecular formula is C8H12N2O2. The van der Waals surface area contributed by atoms with Gasteiger partial charge in [-0.15, -0.1) is 0 Å². The number of aromatic hydroxyl groups is 1. The molecule has 1 heterocycles. The summed E-state index contributed by atoms with van der Waals surface area (Å²) in [6.07, 6.45) is 1.82. The standard InChI is InChI=1S/C8H12N2O2/c9-7(3-4-11)8-2-1-6(12)5-10-8/h1-2,5,7,11-12H,3-4,9H2. The second-order valence-electron chi connectivity index (χ2n) is 2.56. The van der Waals surface area contributed by atoms with Crippen LogP contribution in [-0.4, -0.2) is 21.8 Å². The van der Waals surface area contributed by atoms with Crippen LogP contribution in [-0.2, 0) is 0 Å². The van der Waals surface area contributed by atoms with Gasteiger partial charge in [-0.2, -0.15) is 0 Å². The first-order valence-electron chi connectivity index (χ1n) is 3.75. The molecule has 12 heavy (non-hydrogen) atoms. The zero-order chi connectivity index (χ0) is 8.97. The summed E-state index contributed by atoms with van der Waals surface area (Å²) < 4.78 is 0. The summed E-state index contributed by atoms with van der Waals surface area (Å²) in [5.41, 5.74) is 6.33. The fourth-order valence-corrected chi connectivity index (χ4v) is 0.904. The van der Waals surface area contributed by atoms with Gasteiger partial charge in [-0.1, -0.05) is 0 Å². The number of hydrogen-bond donors (Lipinski definition) is 3. The summed E-state index contributed by atoms with van der Waals surface area (Å²) in [4.78, 5) is 3.91. The van der Waals surface area contributed by atoms with E-state index in [1.54, 1.807) is 6.07 Å². The molecule has 0 aromatic carbocycles. The molecule has 0 saturated heterocycles. The average molecular weight is 168 g/mol. The third kappa shape index (κ3) is 2.18. The minimum Gasteiger partial charge on any atom is -0.506 e. The molecule has 0 aliphatic rings. The van der Waals surface area contributed by atoms with E-state index in [1.165, 1.54) is 12.3 Å². The Morgan fingerprint density at radius 1 is 1.50 bits per heavy atom. The normalized spacial score (nSPS) is 12.8. The number of aromatic nitrogens is 1. The van der Waals surface area contributed by atoms with E-state index in [0.29, 0.717) is 12.1 Å². The lowest BCUT2D eigenvalue weighted by molar-refractivity contribution is 0.275. The third-order valence-electron chi connectivity index (χ3n) is 1.59. The van der Waals surface area contributed by atoms with Crippen molar-refractivity contribution in [2.75, 3.05) is 6.61 Å². The number of pyridine rings is 1. The lowest BCUT2D eigenvalue weighted by Crippen LogP contribution is -2.13. The number of aliphatic hydroxyl groups is 1. The second kappa shape index (κ2) is 4.04. The van der Waals surface area contributed by atoms with E-state index in [1.807, 2.05) is 0 Å². The van der Waals surface area contributed by atoms with E-state index in [0.717, 1.165) is 0 Å².